The Labute approximate surface area is 94.6 Å². The zero-order valence-electron chi connectivity index (χ0n) is 8.99. The van der Waals surface area contributed by atoms with Crippen LogP contribution in [0, 0.1) is 0 Å². The van der Waals surface area contributed by atoms with Crippen molar-refractivity contribution in [3.63, 3.8) is 0 Å². The SMILES string of the molecule is CCOC(=O)CN(CC)C(=O)CC(N)=S. The maximum Gasteiger partial charge on any atom is 0.325 e. The van der Waals surface area contributed by atoms with Gasteiger partial charge in [-0.1, -0.05) is 12.2 Å². The summed E-state index contributed by atoms with van der Waals surface area (Å²) >= 11 is 4.62. The molecule has 86 valence electrons. The number of ether oxygens (including phenoxy) is 1. The van der Waals surface area contributed by atoms with Crippen molar-refractivity contribution in [1.82, 2.24) is 4.90 Å². The Hall–Kier alpha value is -1.17. The summed E-state index contributed by atoms with van der Waals surface area (Å²) in [5.74, 6) is -0.673. The van der Waals surface area contributed by atoms with E-state index < -0.39 is 5.97 Å². The van der Waals surface area contributed by atoms with Crippen LogP contribution in [0.15, 0.2) is 0 Å². The van der Waals surface area contributed by atoms with E-state index in [1.165, 1.54) is 4.90 Å². The highest BCUT2D eigenvalue weighted by Crippen LogP contribution is 1.95. The Morgan fingerprint density at radius 2 is 2.00 bits per heavy atom. The molecular formula is C9H16N2O3S. The fourth-order valence-electron chi connectivity index (χ4n) is 1.000. The number of amides is 1. The molecule has 0 heterocycles. The molecule has 6 heteroatoms. The number of hydrogen-bond donors (Lipinski definition) is 1. The summed E-state index contributed by atoms with van der Waals surface area (Å²) in [6.45, 7) is 4.17. The summed E-state index contributed by atoms with van der Waals surface area (Å²) in [5.41, 5.74) is 5.24. The maximum absolute atomic E-state index is 11.5. The molecule has 0 radical (unpaired) electrons. The van der Waals surface area contributed by atoms with Crippen molar-refractivity contribution in [2.45, 2.75) is 20.3 Å². The molecule has 0 spiro atoms. The van der Waals surface area contributed by atoms with Gasteiger partial charge in [0.15, 0.2) is 0 Å². The molecule has 0 aliphatic heterocycles. The van der Waals surface area contributed by atoms with E-state index in [1.807, 2.05) is 0 Å². The molecule has 1 amide bonds. The van der Waals surface area contributed by atoms with Gasteiger partial charge < -0.3 is 15.4 Å². The quantitative estimate of drug-likeness (QED) is 0.518. The van der Waals surface area contributed by atoms with E-state index in [2.05, 4.69) is 12.2 Å². The smallest absolute Gasteiger partial charge is 0.325 e. The highest BCUT2D eigenvalue weighted by atomic mass is 32.1. The molecule has 15 heavy (non-hydrogen) atoms. The summed E-state index contributed by atoms with van der Waals surface area (Å²) in [7, 11) is 0. The predicted molar refractivity (Wildman–Crippen MR) is 60.3 cm³/mol. The van der Waals surface area contributed by atoms with Crippen molar-refractivity contribution in [2.24, 2.45) is 5.73 Å². The van der Waals surface area contributed by atoms with Gasteiger partial charge in [0.1, 0.15) is 6.54 Å². The predicted octanol–water partition coefficient (Wildman–Crippen LogP) is 0.0742. The van der Waals surface area contributed by atoms with Gasteiger partial charge in [-0.05, 0) is 13.8 Å². The molecule has 0 saturated carbocycles. The topological polar surface area (TPSA) is 72.6 Å². The number of hydrogen-bond acceptors (Lipinski definition) is 4. The highest BCUT2D eigenvalue weighted by molar-refractivity contribution is 7.80. The lowest BCUT2D eigenvalue weighted by Gasteiger charge is -2.19. The molecule has 2 N–H and O–H groups in total. The van der Waals surface area contributed by atoms with Gasteiger partial charge in [-0.15, -0.1) is 0 Å². The monoisotopic (exact) mass is 232 g/mol. The number of rotatable bonds is 6. The van der Waals surface area contributed by atoms with Gasteiger partial charge in [0.05, 0.1) is 18.0 Å². The van der Waals surface area contributed by atoms with Crippen LogP contribution in [0.4, 0.5) is 0 Å². The summed E-state index contributed by atoms with van der Waals surface area (Å²) in [5, 5.41) is 0. The Balaban J connectivity index is 4.17. The fourth-order valence-corrected chi connectivity index (χ4v) is 1.12. The Morgan fingerprint density at radius 3 is 2.40 bits per heavy atom. The zero-order chi connectivity index (χ0) is 11.8. The van der Waals surface area contributed by atoms with Crippen LogP contribution in [0.5, 0.6) is 0 Å². The summed E-state index contributed by atoms with van der Waals surface area (Å²) in [6, 6.07) is 0. The first-order chi connectivity index (χ1) is 7.01. The lowest BCUT2D eigenvalue weighted by molar-refractivity contribution is -0.148. The van der Waals surface area contributed by atoms with E-state index in [0.717, 1.165) is 0 Å². The Bertz CT molecular complexity index is 256. The van der Waals surface area contributed by atoms with Gasteiger partial charge in [0.25, 0.3) is 0 Å². The zero-order valence-corrected chi connectivity index (χ0v) is 9.80. The van der Waals surface area contributed by atoms with Crippen LogP contribution in [-0.4, -0.2) is 41.5 Å². The maximum atomic E-state index is 11.5. The first kappa shape index (κ1) is 13.8. The third-order valence-electron chi connectivity index (χ3n) is 1.69. The third-order valence-corrected chi connectivity index (χ3v) is 1.83. The van der Waals surface area contributed by atoms with Gasteiger partial charge in [0.2, 0.25) is 5.91 Å². The van der Waals surface area contributed by atoms with Gasteiger partial charge in [-0.25, -0.2) is 0 Å². The molecule has 0 saturated heterocycles. The Morgan fingerprint density at radius 1 is 1.40 bits per heavy atom. The summed E-state index contributed by atoms with van der Waals surface area (Å²) in [4.78, 5) is 24.1. The molecule has 0 aromatic carbocycles. The number of nitrogens with zero attached hydrogens (tertiary/aromatic N) is 1. The standard InChI is InChI=1S/C9H16N2O3S/c1-3-11(6-9(13)14-4-2)8(12)5-7(10)15/h3-6H2,1-2H3,(H2,10,15). The van der Waals surface area contributed by atoms with E-state index >= 15 is 0 Å². The molecule has 0 aliphatic carbocycles. The second kappa shape index (κ2) is 7.17. The van der Waals surface area contributed by atoms with Gasteiger partial charge >= 0.3 is 5.97 Å². The van der Waals surface area contributed by atoms with Crippen molar-refractivity contribution >= 4 is 29.1 Å². The van der Waals surface area contributed by atoms with Crippen LogP contribution in [0.1, 0.15) is 20.3 Å². The minimum absolute atomic E-state index is 0.0113. The van der Waals surface area contributed by atoms with Crippen molar-refractivity contribution in [3.8, 4) is 0 Å². The highest BCUT2D eigenvalue weighted by Gasteiger charge is 2.16. The molecule has 0 aromatic rings. The van der Waals surface area contributed by atoms with Crippen molar-refractivity contribution < 1.29 is 14.3 Å². The van der Waals surface area contributed by atoms with Crippen LogP contribution < -0.4 is 5.73 Å². The van der Waals surface area contributed by atoms with E-state index in [1.54, 1.807) is 13.8 Å². The molecular weight excluding hydrogens is 216 g/mol. The molecule has 0 unspecified atom stereocenters. The number of esters is 1. The molecule has 0 fully saturated rings. The van der Waals surface area contributed by atoms with Gasteiger partial charge in [-0.2, -0.15) is 0 Å². The van der Waals surface area contributed by atoms with Crippen molar-refractivity contribution in [2.75, 3.05) is 19.7 Å². The normalized spacial score (nSPS) is 9.47. The lowest BCUT2D eigenvalue weighted by atomic mass is 10.3. The number of carbonyl (C=O) groups excluding carboxylic acids is 2. The van der Waals surface area contributed by atoms with E-state index in [-0.39, 0.29) is 23.9 Å². The fraction of sp³-hybridized carbons (Fsp3) is 0.667. The van der Waals surface area contributed by atoms with E-state index in [9.17, 15) is 9.59 Å². The molecule has 0 atom stereocenters. The third kappa shape index (κ3) is 6.01. The average Bonchev–Trinajstić information content (AvgIpc) is 2.13. The Kier molecular flexibility index (Phi) is 6.61. The number of nitrogens with two attached hydrogens (primary N) is 1. The molecule has 0 rings (SSSR count). The largest absolute Gasteiger partial charge is 0.465 e. The van der Waals surface area contributed by atoms with Crippen molar-refractivity contribution in [1.29, 1.82) is 0 Å². The lowest BCUT2D eigenvalue weighted by Crippen LogP contribution is -2.37. The minimum atomic E-state index is -0.421. The molecule has 5 nitrogen and oxygen atoms in total. The van der Waals surface area contributed by atoms with Crippen LogP contribution >= 0.6 is 12.2 Å². The second-order valence-electron chi connectivity index (χ2n) is 2.86. The average molecular weight is 232 g/mol. The van der Waals surface area contributed by atoms with Crippen LogP contribution in [-0.2, 0) is 14.3 Å². The van der Waals surface area contributed by atoms with Crippen LogP contribution in [0.3, 0.4) is 0 Å². The van der Waals surface area contributed by atoms with Crippen LogP contribution in [0.2, 0.25) is 0 Å². The van der Waals surface area contributed by atoms with E-state index in [0.29, 0.717) is 13.2 Å². The van der Waals surface area contributed by atoms with Crippen LogP contribution in [0.25, 0.3) is 0 Å². The first-order valence-corrected chi connectivity index (χ1v) is 5.13. The van der Waals surface area contributed by atoms with Crippen molar-refractivity contribution in [3.05, 3.63) is 0 Å². The summed E-state index contributed by atoms with van der Waals surface area (Å²) in [6.07, 6.45) is -0.0113. The first-order valence-electron chi connectivity index (χ1n) is 4.72. The minimum Gasteiger partial charge on any atom is -0.465 e. The number of carbonyl (C=O) groups is 2. The summed E-state index contributed by atoms with van der Waals surface area (Å²) < 4.78 is 4.73. The van der Waals surface area contributed by atoms with E-state index in [4.69, 9.17) is 10.5 Å². The van der Waals surface area contributed by atoms with Gasteiger partial charge in [0, 0.05) is 6.54 Å². The molecule has 0 aliphatic rings. The number of likely N-dealkylation sites (N-methyl/N-ethyl adjacent to an activating group) is 1. The second-order valence-corrected chi connectivity index (χ2v) is 3.38. The molecule has 0 aromatic heterocycles. The number of thiocarbonyl (C=S) groups is 1. The van der Waals surface area contributed by atoms with Gasteiger partial charge in [-0.3, -0.25) is 9.59 Å². The molecule has 0 bridgehead atoms.